The van der Waals surface area contributed by atoms with E-state index in [0.29, 0.717) is 0 Å². The van der Waals surface area contributed by atoms with Crippen LogP contribution in [0.4, 0.5) is 5.69 Å². The molecule has 1 aromatic rings. The molecule has 0 saturated heterocycles. The van der Waals surface area contributed by atoms with Crippen molar-refractivity contribution in [1.29, 1.82) is 0 Å². The first-order valence-electron chi connectivity index (χ1n) is 4.84. The highest BCUT2D eigenvalue weighted by atomic mass is 16.6. The Balaban J connectivity index is 2.75. The Morgan fingerprint density at radius 1 is 1.53 bits per heavy atom. The molecule has 6 nitrogen and oxygen atoms in total. The number of allylic oxidation sites excluding steroid dienone is 2. The molecule has 0 unspecified atom stereocenters. The molecule has 1 amide bonds. The predicted molar refractivity (Wildman–Crippen MR) is 63.9 cm³/mol. The van der Waals surface area contributed by atoms with Crippen molar-refractivity contribution in [3.05, 3.63) is 52.1 Å². The minimum atomic E-state index is -0.556. The number of carbonyl (C=O) groups is 1. The molecule has 0 fully saturated rings. The maximum absolute atomic E-state index is 11.5. The van der Waals surface area contributed by atoms with Crippen molar-refractivity contribution in [1.82, 2.24) is 5.43 Å². The topological polar surface area (TPSA) is 84.6 Å². The van der Waals surface area contributed by atoms with Gasteiger partial charge in [0.25, 0.3) is 11.6 Å². The van der Waals surface area contributed by atoms with Gasteiger partial charge in [-0.2, -0.15) is 5.10 Å². The average Bonchev–Trinajstić information content (AvgIpc) is 2.34. The summed E-state index contributed by atoms with van der Waals surface area (Å²) in [4.78, 5) is 21.5. The number of nitrogens with zero attached hydrogens (tertiary/aromatic N) is 2. The molecule has 1 N–H and O–H groups in total. The summed E-state index contributed by atoms with van der Waals surface area (Å²) in [6, 6.07) is 5.44. The van der Waals surface area contributed by atoms with Crippen LogP contribution >= 0.6 is 0 Å². The van der Waals surface area contributed by atoms with E-state index in [1.54, 1.807) is 12.2 Å². The minimum absolute atomic E-state index is 0.130. The first-order valence-corrected chi connectivity index (χ1v) is 4.84. The van der Waals surface area contributed by atoms with Gasteiger partial charge in [-0.15, -0.1) is 0 Å². The fraction of sp³-hybridized carbons (Fsp3) is 0.0909. The van der Waals surface area contributed by atoms with Gasteiger partial charge in [-0.25, -0.2) is 5.43 Å². The Hall–Kier alpha value is -2.50. The summed E-state index contributed by atoms with van der Waals surface area (Å²) < 4.78 is 0. The van der Waals surface area contributed by atoms with Crippen LogP contribution in [0.3, 0.4) is 0 Å². The molecule has 1 rings (SSSR count). The van der Waals surface area contributed by atoms with E-state index in [-0.39, 0.29) is 11.3 Å². The third-order valence-electron chi connectivity index (χ3n) is 1.84. The number of carbonyl (C=O) groups excluding carboxylic acids is 1. The largest absolute Gasteiger partial charge is 0.271 e. The van der Waals surface area contributed by atoms with E-state index in [0.717, 1.165) is 0 Å². The molecule has 0 aromatic heterocycles. The Kier molecular flexibility index (Phi) is 4.56. The number of nitro groups is 1. The quantitative estimate of drug-likeness (QED) is 0.489. The summed E-state index contributed by atoms with van der Waals surface area (Å²) in [6.45, 7) is 1.81. The van der Waals surface area contributed by atoms with Crippen LogP contribution < -0.4 is 5.43 Å². The Morgan fingerprint density at radius 2 is 2.29 bits per heavy atom. The number of hydrogen-bond acceptors (Lipinski definition) is 4. The summed E-state index contributed by atoms with van der Waals surface area (Å²) in [7, 11) is 0. The standard InChI is InChI=1S/C11H11N3O3/c1-2-3-7-12-13-11(15)9-5-4-6-10(8-9)14(16)17/h2-8H,1H3,(H,13,15). The highest BCUT2D eigenvalue weighted by Gasteiger charge is 2.10. The van der Waals surface area contributed by atoms with Crippen molar-refractivity contribution in [2.75, 3.05) is 0 Å². The third kappa shape index (κ3) is 3.86. The van der Waals surface area contributed by atoms with Crippen LogP contribution in [0.15, 0.2) is 41.5 Å². The van der Waals surface area contributed by atoms with Gasteiger partial charge in [-0.1, -0.05) is 12.1 Å². The van der Waals surface area contributed by atoms with E-state index < -0.39 is 10.8 Å². The van der Waals surface area contributed by atoms with Gasteiger partial charge in [0.1, 0.15) is 0 Å². The van der Waals surface area contributed by atoms with E-state index >= 15 is 0 Å². The number of hydrazone groups is 1. The number of amides is 1. The number of nitro benzene ring substituents is 1. The molecule has 0 aliphatic carbocycles. The van der Waals surface area contributed by atoms with Crippen LogP contribution in [0, 0.1) is 10.1 Å². The molecule has 17 heavy (non-hydrogen) atoms. The van der Waals surface area contributed by atoms with Crippen molar-refractivity contribution in [2.24, 2.45) is 5.10 Å². The number of nitrogens with one attached hydrogen (secondary N) is 1. The Morgan fingerprint density at radius 3 is 2.94 bits per heavy atom. The molecule has 0 spiro atoms. The lowest BCUT2D eigenvalue weighted by Crippen LogP contribution is -2.17. The summed E-state index contributed by atoms with van der Waals surface area (Å²) in [6.07, 6.45) is 4.81. The SMILES string of the molecule is CC=CC=NNC(=O)c1cccc([N+](=O)[O-])c1. The maximum Gasteiger partial charge on any atom is 0.271 e. The van der Waals surface area contributed by atoms with E-state index in [1.165, 1.54) is 30.5 Å². The third-order valence-corrected chi connectivity index (χ3v) is 1.84. The first kappa shape index (κ1) is 12.6. The highest BCUT2D eigenvalue weighted by molar-refractivity contribution is 5.95. The van der Waals surface area contributed by atoms with Gasteiger partial charge in [0.2, 0.25) is 0 Å². The monoisotopic (exact) mass is 233 g/mol. The lowest BCUT2D eigenvalue weighted by molar-refractivity contribution is -0.384. The van der Waals surface area contributed by atoms with E-state index in [9.17, 15) is 14.9 Å². The summed E-state index contributed by atoms with van der Waals surface area (Å²) >= 11 is 0. The molecule has 88 valence electrons. The van der Waals surface area contributed by atoms with Crippen LogP contribution in [-0.4, -0.2) is 17.0 Å². The van der Waals surface area contributed by atoms with Crippen molar-refractivity contribution < 1.29 is 9.72 Å². The molecule has 0 aliphatic rings. The van der Waals surface area contributed by atoms with E-state index in [4.69, 9.17) is 0 Å². The molecule has 0 radical (unpaired) electrons. The normalized spacial score (nSPS) is 10.9. The van der Waals surface area contributed by atoms with Gasteiger partial charge in [-0.05, 0) is 19.1 Å². The average molecular weight is 233 g/mol. The number of rotatable bonds is 4. The van der Waals surface area contributed by atoms with E-state index in [2.05, 4.69) is 10.5 Å². The molecular weight excluding hydrogens is 222 g/mol. The number of benzene rings is 1. The Labute approximate surface area is 97.8 Å². The van der Waals surface area contributed by atoms with Gasteiger partial charge < -0.3 is 0 Å². The summed E-state index contributed by atoms with van der Waals surface area (Å²) in [5, 5.41) is 14.1. The molecule has 0 heterocycles. The molecule has 0 bridgehead atoms. The van der Waals surface area contributed by atoms with Gasteiger partial charge in [0.05, 0.1) is 4.92 Å². The fourth-order valence-corrected chi connectivity index (χ4v) is 1.05. The zero-order valence-corrected chi connectivity index (χ0v) is 9.16. The zero-order valence-electron chi connectivity index (χ0n) is 9.16. The van der Waals surface area contributed by atoms with Crippen molar-refractivity contribution in [2.45, 2.75) is 6.92 Å². The molecule has 0 atom stereocenters. The van der Waals surface area contributed by atoms with Gasteiger partial charge in [-0.3, -0.25) is 14.9 Å². The number of non-ortho nitro benzene ring substituents is 1. The predicted octanol–water partition coefficient (Wildman–Crippen LogP) is 1.89. The summed E-state index contributed by atoms with van der Waals surface area (Å²) in [5.74, 6) is -0.491. The number of hydrogen-bond donors (Lipinski definition) is 1. The second kappa shape index (κ2) is 6.16. The van der Waals surface area contributed by atoms with Gasteiger partial charge >= 0.3 is 0 Å². The maximum atomic E-state index is 11.5. The minimum Gasteiger partial charge on any atom is -0.267 e. The second-order valence-corrected chi connectivity index (χ2v) is 3.05. The molecule has 0 saturated carbocycles. The lowest BCUT2D eigenvalue weighted by atomic mass is 10.2. The smallest absolute Gasteiger partial charge is 0.267 e. The van der Waals surface area contributed by atoms with Crippen LogP contribution in [-0.2, 0) is 0 Å². The Bertz CT molecular complexity index is 481. The van der Waals surface area contributed by atoms with Gasteiger partial charge in [0.15, 0.2) is 0 Å². The van der Waals surface area contributed by atoms with E-state index in [1.807, 2.05) is 6.92 Å². The highest BCUT2D eigenvalue weighted by Crippen LogP contribution is 2.12. The van der Waals surface area contributed by atoms with Crippen molar-refractivity contribution >= 4 is 17.8 Å². The molecule has 0 aliphatic heterocycles. The first-order chi connectivity index (χ1) is 8.15. The second-order valence-electron chi connectivity index (χ2n) is 3.05. The van der Waals surface area contributed by atoms with Crippen LogP contribution in [0.5, 0.6) is 0 Å². The van der Waals surface area contributed by atoms with Crippen molar-refractivity contribution in [3.8, 4) is 0 Å². The zero-order chi connectivity index (χ0) is 12.7. The van der Waals surface area contributed by atoms with Crippen molar-refractivity contribution in [3.63, 3.8) is 0 Å². The fourth-order valence-electron chi connectivity index (χ4n) is 1.05. The summed E-state index contributed by atoms with van der Waals surface area (Å²) in [5.41, 5.74) is 2.32. The molecule has 1 aromatic carbocycles. The molecule has 6 heteroatoms. The van der Waals surface area contributed by atoms with Crippen LogP contribution in [0.2, 0.25) is 0 Å². The molecular formula is C11H11N3O3. The van der Waals surface area contributed by atoms with Crippen LogP contribution in [0.1, 0.15) is 17.3 Å². The van der Waals surface area contributed by atoms with Gasteiger partial charge in [0, 0.05) is 23.9 Å². The van der Waals surface area contributed by atoms with Crippen LogP contribution in [0.25, 0.3) is 0 Å². The lowest BCUT2D eigenvalue weighted by Gasteiger charge is -1.98.